The molecule has 4 rings (SSSR count). The summed E-state index contributed by atoms with van der Waals surface area (Å²) >= 11 is 1.29. The van der Waals surface area contributed by atoms with Gasteiger partial charge in [-0.1, -0.05) is 29.0 Å². The van der Waals surface area contributed by atoms with E-state index in [1.807, 2.05) is 37.3 Å². The Labute approximate surface area is 178 Å². The second-order valence-electron chi connectivity index (χ2n) is 7.29. The van der Waals surface area contributed by atoms with E-state index in [4.69, 9.17) is 4.42 Å². The molecule has 30 heavy (non-hydrogen) atoms. The number of amides is 3. The molecule has 2 aromatic heterocycles. The van der Waals surface area contributed by atoms with Gasteiger partial charge in [0, 0.05) is 24.7 Å². The van der Waals surface area contributed by atoms with E-state index in [1.165, 1.54) is 11.3 Å². The average Bonchev–Trinajstić information content (AvgIpc) is 3.46. The van der Waals surface area contributed by atoms with Gasteiger partial charge in [0.25, 0.3) is 5.91 Å². The molecule has 3 heterocycles. The molecule has 0 aliphatic carbocycles. The number of piperidine rings is 1. The Balaban J connectivity index is 1.34. The Bertz CT molecular complexity index is 1000. The van der Waals surface area contributed by atoms with Crippen LogP contribution in [0, 0.1) is 6.92 Å². The van der Waals surface area contributed by atoms with Crippen LogP contribution in [-0.4, -0.2) is 40.1 Å². The maximum absolute atomic E-state index is 12.5. The van der Waals surface area contributed by atoms with Crippen LogP contribution in [0.1, 0.15) is 44.9 Å². The summed E-state index contributed by atoms with van der Waals surface area (Å²) in [4.78, 5) is 26.7. The highest BCUT2D eigenvalue weighted by Gasteiger charge is 2.28. The van der Waals surface area contributed by atoms with Crippen LogP contribution >= 0.6 is 11.3 Å². The molecule has 0 radical (unpaired) electrons. The highest BCUT2D eigenvalue weighted by molar-refractivity contribution is 7.13. The van der Waals surface area contributed by atoms with Gasteiger partial charge in [0.05, 0.1) is 12.8 Å². The van der Waals surface area contributed by atoms with Gasteiger partial charge >= 0.3 is 6.03 Å². The van der Waals surface area contributed by atoms with Crippen LogP contribution in [0.25, 0.3) is 0 Å². The van der Waals surface area contributed by atoms with Gasteiger partial charge in [-0.25, -0.2) is 4.79 Å². The third kappa shape index (κ3) is 4.85. The number of anilines is 1. The fraction of sp³-hybridized carbons (Fsp3) is 0.333. The van der Waals surface area contributed by atoms with E-state index < -0.39 is 0 Å². The predicted molar refractivity (Wildman–Crippen MR) is 114 cm³/mol. The average molecular weight is 426 g/mol. The second kappa shape index (κ2) is 9.08. The minimum Gasteiger partial charge on any atom is -0.467 e. The highest BCUT2D eigenvalue weighted by Crippen LogP contribution is 2.29. The Morgan fingerprint density at radius 1 is 1.23 bits per heavy atom. The van der Waals surface area contributed by atoms with Crippen molar-refractivity contribution in [3.63, 3.8) is 0 Å². The first-order chi connectivity index (χ1) is 14.6. The molecule has 0 saturated carbocycles. The van der Waals surface area contributed by atoms with Gasteiger partial charge in [0.15, 0.2) is 0 Å². The van der Waals surface area contributed by atoms with E-state index in [9.17, 15) is 9.59 Å². The maximum atomic E-state index is 12.5. The number of benzene rings is 1. The van der Waals surface area contributed by atoms with Crippen LogP contribution in [0.2, 0.25) is 0 Å². The molecular weight excluding hydrogens is 402 g/mol. The van der Waals surface area contributed by atoms with Gasteiger partial charge in [0.2, 0.25) is 5.01 Å². The largest absolute Gasteiger partial charge is 0.467 e. The molecular formula is C21H23N5O3S. The van der Waals surface area contributed by atoms with E-state index in [-0.39, 0.29) is 17.9 Å². The monoisotopic (exact) mass is 425 g/mol. The van der Waals surface area contributed by atoms with Crippen LogP contribution in [0.3, 0.4) is 0 Å². The third-order valence-corrected chi connectivity index (χ3v) is 6.08. The zero-order chi connectivity index (χ0) is 20.9. The van der Waals surface area contributed by atoms with Crippen molar-refractivity contribution in [3.8, 4) is 0 Å². The van der Waals surface area contributed by atoms with Gasteiger partial charge in [-0.2, -0.15) is 0 Å². The number of urea groups is 1. The first-order valence-corrected chi connectivity index (χ1v) is 10.7. The van der Waals surface area contributed by atoms with E-state index in [2.05, 4.69) is 20.8 Å². The van der Waals surface area contributed by atoms with Crippen molar-refractivity contribution < 1.29 is 14.0 Å². The molecule has 8 nitrogen and oxygen atoms in total. The lowest BCUT2D eigenvalue weighted by Crippen LogP contribution is -2.44. The van der Waals surface area contributed by atoms with Gasteiger partial charge in [0.1, 0.15) is 10.8 Å². The van der Waals surface area contributed by atoms with Gasteiger partial charge < -0.3 is 20.0 Å². The number of aryl methyl sites for hydroxylation is 1. The number of furan rings is 1. The number of likely N-dealkylation sites (tertiary alicyclic amines) is 1. The van der Waals surface area contributed by atoms with E-state index in [0.29, 0.717) is 30.4 Å². The number of hydrogen-bond acceptors (Lipinski definition) is 6. The molecule has 1 atom stereocenters. The van der Waals surface area contributed by atoms with E-state index >= 15 is 0 Å². The lowest BCUT2D eigenvalue weighted by atomic mass is 9.99. The quantitative estimate of drug-likeness (QED) is 0.648. The fourth-order valence-electron chi connectivity index (χ4n) is 3.36. The van der Waals surface area contributed by atoms with Gasteiger partial charge in [-0.15, -0.1) is 10.2 Å². The minimum absolute atomic E-state index is 0.0755. The minimum atomic E-state index is -0.272. The van der Waals surface area contributed by atoms with Crippen LogP contribution in [-0.2, 0) is 6.54 Å². The molecule has 0 spiro atoms. The van der Waals surface area contributed by atoms with Crippen LogP contribution in [0.15, 0.2) is 47.1 Å². The van der Waals surface area contributed by atoms with Crippen molar-refractivity contribution in [2.45, 2.75) is 32.2 Å². The highest BCUT2D eigenvalue weighted by atomic mass is 32.1. The lowest BCUT2D eigenvalue weighted by molar-refractivity contribution is 0.102. The zero-order valence-electron chi connectivity index (χ0n) is 16.6. The molecule has 1 aliphatic heterocycles. The summed E-state index contributed by atoms with van der Waals surface area (Å²) in [6.07, 6.45) is 3.37. The summed E-state index contributed by atoms with van der Waals surface area (Å²) in [7, 11) is 0. The van der Waals surface area contributed by atoms with Crippen molar-refractivity contribution in [2.24, 2.45) is 0 Å². The molecule has 156 valence electrons. The fourth-order valence-corrected chi connectivity index (χ4v) is 4.23. The van der Waals surface area contributed by atoms with Crippen molar-refractivity contribution in [1.82, 2.24) is 20.4 Å². The number of rotatable bonds is 5. The molecule has 0 bridgehead atoms. The molecule has 3 amide bonds. The van der Waals surface area contributed by atoms with Crippen LogP contribution < -0.4 is 10.6 Å². The molecule has 1 saturated heterocycles. The second-order valence-corrected chi connectivity index (χ2v) is 8.30. The molecule has 3 aromatic rings. The Kier molecular flexibility index (Phi) is 6.08. The van der Waals surface area contributed by atoms with Crippen molar-refractivity contribution in [3.05, 3.63) is 64.0 Å². The maximum Gasteiger partial charge on any atom is 0.317 e. The molecule has 9 heteroatoms. The summed E-state index contributed by atoms with van der Waals surface area (Å²) in [6.45, 7) is 3.60. The number of carbonyl (C=O) groups is 2. The van der Waals surface area contributed by atoms with Crippen molar-refractivity contribution in [2.75, 3.05) is 18.4 Å². The molecule has 0 unspecified atom stereocenters. The smallest absolute Gasteiger partial charge is 0.317 e. The summed E-state index contributed by atoms with van der Waals surface area (Å²) in [5.41, 5.74) is 1.85. The Morgan fingerprint density at radius 2 is 2.07 bits per heavy atom. The summed E-state index contributed by atoms with van der Waals surface area (Å²) in [6, 6.07) is 11.1. The number of aromatic nitrogens is 2. The zero-order valence-corrected chi connectivity index (χ0v) is 17.4. The van der Waals surface area contributed by atoms with Gasteiger partial charge in [-0.3, -0.25) is 4.79 Å². The first-order valence-electron chi connectivity index (χ1n) is 9.85. The number of carbonyl (C=O) groups excluding carboxylic acids is 2. The molecule has 1 aliphatic rings. The standard InChI is InChI=1S/C21H23N5O3S/c1-14-6-8-16(9-7-14)23-18(27)20-25-24-19(30-20)15-4-2-10-26(13-15)21(28)22-12-17-5-3-11-29-17/h3,5-9,11,15H,2,4,10,12-13H2,1H3,(H,22,28)(H,23,27)/t15-/m1/s1. The van der Waals surface area contributed by atoms with Crippen LogP contribution in [0.5, 0.6) is 0 Å². The molecule has 1 aromatic carbocycles. The van der Waals surface area contributed by atoms with E-state index in [1.54, 1.807) is 17.2 Å². The number of nitrogens with zero attached hydrogens (tertiary/aromatic N) is 3. The summed E-state index contributed by atoms with van der Waals surface area (Å²) < 4.78 is 5.25. The van der Waals surface area contributed by atoms with Crippen molar-refractivity contribution >= 4 is 29.0 Å². The Hall–Kier alpha value is -3.20. The third-order valence-electron chi connectivity index (χ3n) is 5.00. The molecule has 1 fully saturated rings. The summed E-state index contributed by atoms with van der Waals surface area (Å²) in [5, 5.41) is 15.1. The SMILES string of the molecule is Cc1ccc(NC(=O)c2nnc([C@@H]3CCCN(C(=O)NCc4ccco4)C3)s2)cc1. The van der Waals surface area contributed by atoms with Gasteiger partial charge in [-0.05, 0) is 44.0 Å². The van der Waals surface area contributed by atoms with Crippen LogP contribution in [0.4, 0.5) is 10.5 Å². The first kappa shape index (κ1) is 20.1. The predicted octanol–water partition coefficient (Wildman–Crippen LogP) is 3.78. The summed E-state index contributed by atoms with van der Waals surface area (Å²) in [5.74, 6) is 0.517. The Morgan fingerprint density at radius 3 is 2.83 bits per heavy atom. The topological polar surface area (TPSA) is 100 Å². The lowest BCUT2D eigenvalue weighted by Gasteiger charge is -2.31. The molecule has 2 N–H and O–H groups in total. The normalized spacial score (nSPS) is 16.3. The number of hydrogen-bond donors (Lipinski definition) is 2. The number of nitrogens with one attached hydrogen (secondary N) is 2. The van der Waals surface area contributed by atoms with Crippen molar-refractivity contribution in [1.29, 1.82) is 0 Å². The van der Waals surface area contributed by atoms with E-state index in [0.717, 1.165) is 29.1 Å².